The Labute approximate surface area is 208 Å². The van der Waals surface area contributed by atoms with Crippen LogP contribution >= 0.6 is 11.8 Å². The van der Waals surface area contributed by atoms with Gasteiger partial charge in [-0.3, -0.25) is 0 Å². The van der Waals surface area contributed by atoms with E-state index in [0.29, 0.717) is 16.9 Å². The van der Waals surface area contributed by atoms with Crippen LogP contribution in [-0.2, 0) is 18.5 Å². The van der Waals surface area contributed by atoms with Crippen molar-refractivity contribution in [2.24, 2.45) is 0 Å². The number of benzene rings is 3. The van der Waals surface area contributed by atoms with E-state index in [2.05, 4.69) is 4.98 Å². The van der Waals surface area contributed by atoms with Gasteiger partial charge < -0.3 is 4.74 Å². The predicted molar refractivity (Wildman–Crippen MR) is 126 cm³/mol. The SMILES string of the molecule is N#Cc1c(C(F)(F)F)cc(-c2ccc(OCc3ccc(F)cc3)cc2)nc1SCc1ccc(F)cc1. The minimum atomic E-state index is -4.76. The van der Waals surface area contributed by atoms with E-state index in [1.54, 1.807) is 42.5 Å². The van der Waals surface area contributed by atoms with Crippen molar-refractivity contribution >= 4 is 11.8 Å². The second-order valence-electron chi connectivity index (χ2n) is 7.70. The van der Waals surface area contributed by atoms with Gasteiger partial charge in [0.2, 0.25) is 0 Å². The summed E-state index contributed by atoms with van der Waals surface area (Å²) in [6, 6.07) is 20.2. The van der Waals surface area contributed by atoms with Crippen molar-refractivity contribution < 1.29 is 26.7 Å². The van der Waals surface area contributed by atoms with Crippen LogP contribution in [0.2, 0.25) is 0 Å². The quantitative estimate of drug-likeness (QED) is 0.187. The maximum atomic E-state index is 13.8. The third kappa shape index (κ3) is 6.20. The Bertz CT molecular complexity index is 1380. The van der Waals surface area contributed by atoms with Gasteiger partial charge in [0.05, 0.1) is 16.8 Å². The van der Waals surface area contributed by atoms with Crippen molar-refractivity contribution in [3.63, 3.8) is 0 Å². The predicted octanol–water partition coefficient (Wildman–Crippen LogP) is 7.79. The van der Waals surface area contributed by atoms with Crippen LogP contribution in [0.5, 0.6) is 5.75 Å². The van der Waals surface area contributed by atoms with Crippen LogP contribution in [-0.4, -0.2) is 4.98 Å². The van der Waals surface area contributed by atoms with E-state index in [9.17, 15) is 27.2 Å². The van der Waals surface area contributed by atoms with Gasteiger partial charge in [0, 0.05) is 11.3 Å². The molecule has 1 heterocycles. The summed E-state index contributed by atoms with van der Waals surface area (Å²) < 4.78 is 73.2. The number of ether oxygens (including phenoxy) is 1. The molecular formula is C27H17F5N2OS. The lowest BCUT2D eigenvalue weighted by Gasteiger charge is -2.14. The van der Waals surface area contributed by atoms with Crippen LogP contribution in [0.15, 0.2) is 83.9 Å². The Morgan fingerprint density at radius 2 is 1.42 bits per heavy atom. The van der Waals surface area contributed by atoms with E-state index in [1.165, 1.54) is 36.4 Å². The van der Waals surface area contributed by atoms with Gasteiger partial charge in [-0.05, 0) is 65.7 Å². The van der Waals surface area contributed by atoms with E-state index in [-0.39, 0.29) is 28.9 Å². The van der Waals surface area contributed by atoms with Crippen molar-refractivity contribution in [2.45, 2.75) is 23.6 Å². The molecule has 0 bridgehead atoms. The number of rotatable bonds is 7. The van der Waals surface area contributed by atoms with Gasteiger partial charge in [-0.15, -0.1) is 11.8 Å². The number of pyridine rings is 1. The highest BCUT2D eigenvalue weighted by Crippen LogP contribution is 2.38. The summed E-state index contributed by atoms with van der Waals surface area (Å²) >= 11 is 0.972. The average molecular weight is 513 g/mol. The first-order valence-electron chi connectivity index (χ1n) is 10.6. The maximum Gasteiger partial charge on any atom is 0.417 e. The van der Waals surface area contributed by atoms with Gasteiger partial charge >= 0.3 is 6.18 Å². The fourth-order valence-corrected chi connectivity index (χ4v) is 4.27. The highest BCUT2D eigenvalue weighted by Gasteiger charge is 2.36. The summed E-state index contributed by atoms with van der Waals surface area (Å²) in [5.41, 5.74) is 0.252. The summed E-state index contributed by atoms with van der Waals surface area (Å²) in [6.45, 7) is 0.192. The highest BCUT2D eigenvalue weighted by atomic mass is 32.2. The fourth-order valence-electron chi connectivity index (χ4n) is 3.31. The molecule has 4 rings (SSSR count). The van der Waals surface area contributed by atoms with Gasteiger partial charge in [-0.2, -0.15) is 18.4 Å². The molecule has 3 aromatic carbocycles. The molecule has 3 nitrogen and oxygen atoms in total. The second kappa shape index (κ2) is 10.8. The van der Waals surface area contributed by atoms with Crippen molar-refractivity contribution in [1.82, 2.24) is 4.98 Å². The van der Waals surface area contributed by atoms with Crippen LogP contribution in [0.1, 0.15) is 22.3 Å². The fraction of sp³-hybridized carbons (Fsp3) is 0.111. The maximum absolute atomic E-state index is 13.8. The van der Waals surface area contributed by atoms with Gasteiger partial charge in [0.1, 0.15) is 35.1 Å². The summed E-state index contributed by atoms with van der Waals surface area (Å²) in [4.78, 5) is 4.34. The third-order valence-electron chi connectivity index (χ3n) is 5.16. The third-order valence-corrected chi connectivity index (χ3v) is 6.21. The number of halogens is 5. The number of alkyl halides is 3. The van der Waals surface area contributed by atoms with Gasteiger partial charge in [0.15, 0.2) is 0 Å². The molecule has 0 fully saturated rings. The van der Waals surface area contributed by atoms with Crippen molar-refractivity contribution in [3.05, 3.63) is 113 Å². The minimum absolute atomic E-state index is 0.0491. The van der Waals surface area contributed by atoms with Gasteiger partial charge in [0.25, 0.3) is 0 Å². The average Bonchev–Trinajstić information content (AvgIpc) is 2.87. The molecule has 9 heteroatoms. The molecule has 0 spiro atoms. The Morgan fingerprint density at radius 1 is 0.833 bits per heavy atom. The molecule has 1 aromatic heterocycles. The standard InChI is InChI=1S/C27H17F5N2OS/c28-20-7-1-17(2-8-20)15-35-22-11-5-19(6-12-22)25-13-24(27(30,31)32)23(14-33)26(34-25)36-16-18-3-9-21(29)10-4-18/h1-13H,15-16H2. The zero-order valence-electron chi connectivity index (χ0n) is 18.5. The summed E-state index contributed by atoms with van der Waals surface area (Å²) in [7, 11) is 0. The number of aromatic nitrogens is 1. The van der Waals surface area contributed by atoms with E-state index < -0.39 is 23.1 Å². The van der Waals surface area contributed by atoms with Crippen molar-refractivity contribution in [1.29, 1.82) is 5.26 Å². The molecule has 0 amide bonds. The van der Waals surface area contributed by atoms with Crippen LogP contribution in [0, 0.1) is 23.0 Å². The van der Waals surface area contributed by atoms with Crippen LogP contribution in [0.3, 0.4) is 0 Å². The Kier molecular flexibility index (Phi) is 7.55. The van der Waals surface area contributed by atoms with Gasteiger partial charge in [-0.25, -0.2) is 13.8 Å². The molecule has 0 aliphatic rings. The molecule has 0 radical (unpaired) electrons. The highest BCUT2D eigenvalue weighted by molar-refractivity contribution is 7.98. The lowest BCUT2D eigenvalue weighted by atomic mass is 10.1. The molecule has 4 aromatic rings. The molecule has 0 unspecified atom stereocenters. The number of hydrogen-bond donors (Lipinski definition) is 0. The molecule has 0 N–H and O–H groups in total. The number of nitrogens with zero attached hydrogens (tertiary/aromatic N) is 2. The van der Waals surface area contributed by atoms with Crippen LogP contribution in [0.25, 0.3) is 11.3 Å². The molecule has 0 saturated carbocycles. The van der Waals surface area contributed by atoms with E-state index >= 15 is 0 Å². The van der Waals surface area contributed by atoms with Crippen LogP contribution < -0.4 is 4.74 Å². The van der Waals surface area contributed by atoms with Crippen LogP contribution in [0.4, 0.5) is 22.0 Å². The molecule has 0 aliphatic heterocycles. The number of nitriles is 1. The molecule has 0 aliphatic carbocycles. The lowest BCUT2D eigenvalue weighted by Crippen LogP contribution is -2.10. The first-order chi connectivity index (χ1) is 17.2. The smallest absolute Gasteiger partial charge is 0.417 e. The topological polar surface area (TPSA) is 45.9 Å². The second-order valence-corrected chi connectivity index (χ2v) is 8.66. The lowest BCUT2D eigenvalue weighted by molar-refractivity contribution is -0.138. The largest absolute Gasteiger partial charge is 0.489 e. The van der Waals surface area contributed by atoms with E-state index in [1.807, 2.05) is 0 Å². The minimum Gasteiger partial charge on any atom is -0.489 e. The van der Waals surface area contributed by atoms with E-state index in [0.717, 1.165) is 23.4 Å². The normalized spacial score (nSPS) is 11.2. The molecule has 182 valence electrons. The van der Waals surface area contributed by atoms with E-state index in [4.69, 9.17) is 4.74 Å². The molecular weight excluding hydrogens is 495 g/mol. The molecule has 0 saturated heterocycles. The monoisotopic (exact) mass is 512 g/mol. The molecule has 36 heavy (non-hydrogen) atoms. The zero-order chi connectivity index (χ0) is 25.7. The number of hydrogen-bond acceptors (Lipinski definition) is 4. The van der Waals surface area contributed by atoms with Crippen molar-refractivity contribution in [3.8, 4) is 23.1 Å². The van der Waals surface area contributed by atoms with Crippen molar-refractivity contribution in [2.75, 3.05) is 0 Å². The van der Waals surface area contributed by atoms with Gasteiger partial charge in [-0.1, -0.05) is 24.3 Å². The molecule has 0 atom stereocenters. The Morgan fingerprint density at radius 3 is 1.97 bits per heavy atom. The summed E-state index contributed by atoms with van der Waals surface area (Å²) in [5, 5.41) is 9.41. The zero-order valence-corrected chi connectivity index (χ0v) is 19.3. The Hall–Kier alpha value is -3.90. The Balaban J connectivity index is 1.60. The summed E-state index contributed by atoms with van der Waals surface area (Å²) in [6.07, 6.45) is -4.76. The first kappa shape index (κ1) is 25.2. The first-order valence-corrected chi connectivity index (χ1v) is 11.6. The number of thioether (sulfide) groups is 1. The summed E-state index contributed by atoms with van der Waals surface area (Å²) in [5.74, 6) is -0.102.